The number of imidazole rings is 1. The van der Waals surface area contributed by atoms with Gasteiger partial charge >= 0.3 is 17.9 Å². The smallest absolute Gasteiger partial charge is 0.423 e. The van der Waals surface area contributed by atoms with Gasteiger partial charge in [-0.05, 0) is 50.8 Å². The highest BCUT2D eigenvalue weighted by molar-refractivity contribution is 5.87. The molecule has 2 aliphatic rings. The van der Waals surface area contributed by atoms with Gasteiger partial charge in [-0.25, -0.2) is 14.4 Å². The molecule has 9 heteroatoms. The van der Waals surface area contributed by atoms with Crippen molar-refractivity contribution in [3.8, 4) is 0 Å². The molecule has 1 unspecified atom stereocenters. The molecular formula is C28H34N4O5. The van der Waals surface area contributed by atoms with E-state index in [4.69, 9.17) is 9.47 Å². The van der Waals surface area contributed by atoms with E-state index in [0.717, 1.165) is 48.0 Å². The number of benzene rings is 2. The van der Waals surface area contributed by atoms with Crippen LogP contribution in [-0.2, 0) is 16.1 Å². The van der Waals surface area contributed by atoms with Gasteiger partial charge in [0.05, 0.1) is 17.1 Å². The SMILES string of the molecule is CC(C)OC(=O)N1CCC(N2CCC(n3c(=O)n(C(=O)OCc4ccccc4)c4ccccc43)CC2)C1. The van der Waals surface area contributed by atoms with Crippen LogP contribution in [0.1, 0.15) is 44.7 Å². The lowest BCUT2D eigenvalue weighted by molar-refractivity contribution is 0.0783. The molecule has 2 aromatic carbocycles. The van der Waals surface area contributed by atoms with Gasteiger partial charge in [0.1, 0.15) is 6.61 Å². The fourth-order valence-electron chi connectivity index (χ4n) is 5.48. The normalized spacial score (nSPS) is 19.0. The first-order valence-corrected chi connectivity index (χ1v) is 13.0. The molecule has 0 N–H and O–H groups in total. The number of likely N-dealkylation sites (tertiary alicyclic amines) is 2. The summed E-state index contributed by atoms with van der Waals surface area (Å²) >= 11 is 0. The number of fused-ring (bicyclic) bond motifs is 1. The fourth-order valence-corrected chi connectivity index (χ4v) is 5.48. The molecule has 2 aliphatic heterocycles. The van der Waals surface area contributed by atoms with Crippen LogP contribution in [0.15, 0.2) is 59.4 Å². The maximum absolute atomic E-state index is 13.5. The highest BCUT2D eigenvalue weighted by Crippen LogP contribution is 2.29. The van der Waals surface area contributed by atoms with Gasteiger partial charge in [-0.15, -0.1) is 0 Å². The Morgan fingerprint density at radius 2 is 1.51 bits per heavy atom. The summed E-state index contributed by atoms with van der Waals surface area (Å²) in [7, 11) is 0. The Kier molecular flexibility index (Phi) is 7.32. The minimum atomic E-state index is -0.666. The Labute approximate surface area is 216 Å². The average molecular weight is 507 g/mol. The molecule has 2 saturated heterocycles. The maximum atomic E-state index is 13.5. The van der Waals surface area contributed by atoms with Crippen LogP contribution in [0.4, 0.5) is 9.59 Å². The van der Waals surface area contributed by atoms with E-state index in [1.54, 1.807) is 15.5 Å². The van der Waals surface area contributed by atoms with Crippen LogP contribution >= 0.6 is 0 Å². The number of amides is 1. The Balaban J connectivity index is 1.28. The van der Waals surface area contributed by atoms with Crippen LogP contribution in [0.2, 0.25) is 0 Å². The van der Waals surface area contributed by atoms with Crippen molar-refractivity contribution >= 4 is 23.2 Å². The van der Waals surface area contributed by atoms with Crippen molar-refractivity contribution in [2.45, 2.75) is 57.9 Å². The number of carbonyl (C=O) groups is 2. The molecule has 9 nitrogen and oxygen atoms in total. The minimum absolute atomic E-state index is 0.0137. The number of para-hydroxylation sites is 2. The summed E-state index contributed by atoms with van der Waals surface area (Å²) in [5, 5.41) is 0. The van der Waals surface area contributed by atoms with Crippen molar-refractivity contribution in [2.75, 3.05) is 26.2 Å². The molecule has 0 radical (unpaired) electrons. The lowest BCUT2D eigenvalue weighted by Gasteiger charge is -2.36. The van der Waals surface area contributed by atoms with Gasteiger partial charge < -0.3 is 14.4 Å². The Bertz CT molecular complexity index is 1310. The van der Waals surface area contributed by atoms with Gasteiger partial charge in [-0.1, -0.05) is 42.5 Å². The lowest BCUT2D eigenvalue weighted by Crippen LogP contribution is -2.45. The first-order chi connectivity index (χ1) is 17.9. The molecule has 1 atom stereocenters. The molecule has 3 aromatic rings. The standard InChI is InChI=1S/C28H34N4O5/c1-20(2)37-27(34)30-17-14-23(18-30)29-15-12-22(13-16-29)31-24-10-6-7-11-25(24)32(26(31)33)28(35)36-19-21-8-4-3-5-9-21/h3-11,20,22-23H,12-19H2,1-2H3. The van der Waals surface area contributed by atoms with Crippen molar-refractivity contribution in [2.24, 2.45) is 0 Å². The van der Waals surface area contributed by atoms with Gasteiger partial charge in [-0.2, -0.15) is 4.57 Å². The molecule has 5 rings (SSSR count). The number of hydrogen-bond donors (Lipinski definition) is 0. The summed E-state index contributed by atoms with van der Waals surface area (Å²) in [6.45, 7) is 6.85. The first kappa shape index (κ1) is 25.1. The highest BCUT2D eigenvalue weighted by Gasteiger charge is 2.35. The van der Waals surface area contributed by atoms with E-state index in [2.05, 4.69) is 4.90 Å². The molecule has 1 aromatic heterocycles. The van der Waals surface area contributed by atoms with E-state index in [9.17, 15) is 14.4 Å². The summed E-state index contributed by atoms with van der Waals surface area (Å²) < 4.78 is 13.8. The summed E-state index contributed by atoms with van der Waals surface area (Å²) in [4.78, 5) is 43.0. The fraction of sp³-hybridized carbons (Fsp3) is 0.464. The number of rotatable bonds is 5. The number of nitrogens with zero attached hydrogens (tertiary/aromatic N) is 4. The number of carbonyl (C=O) groups excluding carboxylic acids is 2. The van der Waals surface area contributed by atoms with Crippen molar-refractivity contribution in [3.63, 3.8) is 0 Å². The van der Waals surface area contributed by atoms with E-state index in [0.29, 0.717) is 24.6 Å². The second-order valence-electron chi connectivity index (χ2n) is 10.1. The zero-order valence-electron chi connectivity index (χ0n) is 21.4. The zero-order chi connectivity index (χ0) is 25.9. The van der Waals surface area contributed by atoms with Gasteiger partial charge in [0.2, 0.25) is 0 Å². The van der Waals surface area contributed by atoms with Crippen LogP contribution in [-0.4, -0.2) is 69.4 Å². The second-order valence-corrected chi connectivity index (χ2v) is 10.1. The third-order valence-electron chi connectivity index (χ3n) is 7.31. The Hall–Kier alpha value is -3.59. The van der Waals surface area contributed by atoms with Crippen molar-refractivity contribution in [1.29, 1.82) is 0 Å². The van der Waals surface area contributed by atoms with Crippen LogP contribution in [0.25, 0.3) is 11.0 Å². The van der Waals surface area contributed by atoms with Crippen LogP contribution in [0.3, 0.4) is 0 Å². The third kappa shape index (κ3) is 5.27. The van der Waals surface area contributed by atoms with E-state index in [1.807, 2.05) is 62.4 Å². The third-order valence-corrected chi connectivity index (χ3v) is 7.31. The van der Waals surface area contributed by atoms with E-state index in [-0.39, 0.29) is 30.5 Å². The monoisotopic (exact) mass is 506 g/mol. The summed E-state index contributed by atoms with van der Waals surface area (Å²) in [5.41, 5.74) is 1.80. The van der Waals surface area contributed by atoms with Gasteiger partial charge in [0.15, 0.2) is 0 Å². The minimum Gasteiger partial charge on any atom is -0.447 e. The first-order valence-electron chi connectivity index (χ1n) is 13.0. The summed E-state index contributed by atoms with van der Waals surface area (Å²) in [6, 6.07) is 17.1. The lowest BCUT2D eigenvalue weighted by atomic mass is 10.0. The molecule has 196 valence electrons. The predicted octanol–water partition coefficient (Wildman–Crippen LogP) is 4.24. The average Bonchev–Trinajstić information content (AvgIpc) is 3.51. The largest absolute Gasteiger partial charge is 0.447 e. The molecule has 0 spiro atoms. The maximum Gasteiger partial charge on any atom is 0.423 e. The highest BCUT2D eigenvalue weighted by atomic mass is 16.6. The van der Waals surface area contributed by atoms with Crippen molar-refractivity contribution in [3.05, 3.63) is 70.6 Å². The molecule has 3 heterocycles. The number of aromatic nitrogens is 2. The van der Waals surface area contributed by atoms with E-state index in [1.165, 1.54) is 0 Å². The number of piperidine rings is 1. The quantitative estimate of drug-likeness (QED) is 0.515. The summed E-state index contributed by atoms with van der Waals surface area (Å²) in [6.07, 6.45) is 1.47. The topological polar surface area (TPSA) is 86.0 Å². The number of ether oxygens (including phenoxy) is 2. The Morgan fingerprint density at radius 3 is 2.22 bits per heavy atom. The molecule has 0 bridgehead atoms. The van der Waals surface area contributed by atoms with Gasteiger partial charge in [0.25, 0.3) is 0 Å². The van der Waals surface area contributed by atoms with Crippen LogP contribution < -0.4 is 5.69 Å². The van der Waals surface area contributed by atoms with Crippen molar-refractivity contribution in [1.82, 2.24) is 18.9 Å². The van der Waals surface area contributed by atoms with Crippen molar-refractivity contribution < 1.29 is 19.1 Å². The molecule has 0 saturated carbocycles. The predicted molar refractivity (Wildman–Crippen MR) is 140 cm³/mol. The second kappa shape index (κ2) is 10.8. The molecule has 0 aliphatic carbocycles. The molecule has 2 fully saturated rings. The summed E-state index contributed by atoms with van der Waals surface area (Å²) in [5.74, 6) is 0. The molecule has 1 amide bonds. The van der Waals surface area contributed by atoms with E-state index >= 15 is 0 Å². The Morgan fingerprint density at radius 1 is 0.865 bits per heavy atom. The zero-order valence-corrected chi connectivity index (χ0v) is 21.4. The molecule has 37 heavy (non-hydrogen) atoms. The van der Waals surface area contributed by atoms with E-state index < -0.39 is 6.09 Å². The van der Waals surface area contributed by atoms with Gasteiger partial charge in [-0.3, -0.25) is 9.47 Å². The number of hydrogen-bond acceptors (Lipinski definition) is 6. The van der Waals surface area contributed by atoms with Crippen LogP contribution in [0, 0.1) is 0 Å². The molecular weight excluding hydrogens is 472 g/mol. The van der Waals surface area contributed by atoms with Crippen LogP contribution in [0.5, 0.6) is 0 Å². The van der Waals surface area contributed by atoms with Gasteiger partial charge in [0, 0.05) is 38.3 Å².